The van der Waals surface area contributed by atoms with E-state index >= 15 is 0 Å². The highest BCUT2D eigenvalue weighted by Crippen LogP contribution is 2.36. The first kappa shape index (κ1) is 28.1. The first-order valence-electron chi connectivity index (χ1n) is 11.3. The second kappa shape index (κ2) is 11.8. The summed E-state index contributed by atoms with van der Waals surface area (Å²) in [4.78, 5) is 38.9. The number of methoxy groups -OCH3 is 1. The maximum absolute atomic E-state index is 13.1. The topological polar surface area (TPSA) is 84.9 Å². The summed E-state index contributed by atoms with van der Waals surface area (Å²) in [6, 6.07) is 16.6. The van der Waals surface area contributed by atoms with Gasteiger partial charge in [-0.2, -0.15) is 13.2 Å². The van der Waals surface area contributed by atoms with E-state index in [1.807, 2.05) is 12.1 Å². The molecule has 0 bridgehead atoms. The molecule has 4 rings (SSSR count). The first-order chi connectivity index (χ1) is 18.5. The van der Waals surface area contributed by atoms with Crippen molar-refractivity contribution in [3.8, 4) is 11.5 Å². The zero-order valence-electron chi connectivity index (χ0n) is 20.3. The molecule has 0 spiro atoms. The minimum absolute atomic E-state index is 0.0133. The number of halogens is 4. The largest absolute Gasteiger partial charge is 0.495 e. The van der Waals surface area contributed by atoms with Crippen LogP contribution in [0.25, 0.3) is 6.08 Å². The Kier molecular flexibility index (Phi) is 8.51. The maximum Gasteiger partial charge on any atom is 0.416 e. The Bertz CT molecular complexity index is 1440. The van der Waals surface area contributed by atoms with Crippen LogP contribution in [0, 0.1) is 0 Å². The van der Waals surface area contributed by atoms with E-state index in [-0.39, 0.29) is 22.9 Å². The van der Waals surface area contributed by atoms with Crippen LogP contribution in [0.15, 0.2) is 71.6 Å². The van der Waals surface area contributed by atoms with Gasteiger partial charge in [-0.3, -0.25) is 19.3 Å². The number of ether oxygens (including phenoxy) is 2. The number of imide groups is 1. The van der Waals surface area contributed by atoms with Gasteiger partial charge in [-0.25, -0.2) is 0 Å². The number of hydrogen-bond acceptors (Lipinski definition) is 6. The first-order valence-corrected chi connectivity index (χ1v) is 12.5. The highest BCUT2D eigenvalue weighted by atomic mass is 35.5. The average Bonchev–Trinajstić information content (AvgIpc) is 3.15. The number of rotatable bonds is 8. The van der Waals surface area contributed by atoms with Gasteiger partial charge in [-0.15, -0.1) is 0 Å². The van der Waals surface area contributed by atoms with E-state index in [0.29, 0.717) is 39.1 Å². The van der Waals surface area contributed by atoms with Crippen LogP contribution < -0.4 is 14.8 Å². The Morgan fingerprint density at radius 2 is 1.77 bits per heavy atom. The van der Waals surface area contributed by atoms with E-state index in [0.717, 1.165) is 17.7 Å². The van der Waals surface area contributed by atoms with Gasteiger partial charge in [-0.05, 0) is 59.8 Å². The maximum atomic E-state index is 13.1. The van der Waals surface area contributed by atoms with Crippen molar-refractivity contribution in [2.45, 2.75) is 12.8 Å². The van der Waals surface area contributed by atoms with Crippen LogP contribution in [0.2, 0.25) is 5.02 Å². The van der Waals surface area contributed by atoms with Gasteiger partial charge in [0.2, 0.25) is 5.91 Å². The summed E-state index contributed by atoms with van der Waals surface area (Å²) >= 11 is 6.55. The number of hydrogen-bond donors (Lipinski definition) is 1. The Labute approximate surface area is 230 Å². The number of carbonyl (C=O) groups excluding carboxylic acids is 3. The van der Waals surface area contributed by atoms with Crippen LogP contribution in [0.5, 0.6) is 11.5 Å². The van der Waals surface area contributed by atoms with Crippen LogP contribution in [-0.2, 0) is 22.4 Å². The van der Waals surface area contributed by atoms with Gasteiger partial charge < -0.3 is 14.8 Å². The molecule has 0 radical (unpaired) electrons. The van der Waals surface area contributed by atoms with Crippen molar-refractivity contribution in [3.63, 3.8) is 0 Å². The molecule has 7 nitrogen and oxygen atoms in total. The van der Waals surface area contributed by atoms with Crippen molar-refractivity contribution in [2.24, 2.45) is 0 Å². The molecule has 0 aliphatic carbocycles. The third kappa shape index (κ3) is 6.92. The van der Waals surface area contributed by atoms with E-state index < -0.39 is 35.3 Å². The van der Waals surface area contributed by atoms with Crippen LogP contribution in [0.4, 0.5) is 23.7 Å². The summed E-state index contributed by atoms with van der Waals surface area (Å²) in [6.45, 7) is -0.460. The third-order valence-electron chi connectivity index (χ3n) is 5.49. The normalized spacial score (nSPS) is 14.6. The summed E-state index contributed by atoms with van der Waals surface area (Å²) in [5.74, 6) is -1.14. The molecule has 1 saturated heterocycles. The third-order valence-corrected chi connectivity index (χ3v) is 6.65. The number of anilines is 1. The van der Waals surface area contributed by atoms with E-state index in [1.54, 1.807) is 36.4 Å². The molecule has 1 fully saturated rings. The molecule has 39 heavy (non-hydrogen) atoms. The van der Waals surface area contributed by atoms with Crippen molar-refractivity contribution in [1.29, 1.82) is 0 Å². The zero-order chi connectivity index (χ0) is 28.2. The second-order valence-electron chi connectivity index (χ2n) is 8.18. The summed E-state index contributed by atoms with van der Waals surface area (Å²) in [5.41, 5.74) is 0.171. The van der Waals surface area contributed by atoms with Crippen molar-refractivity contribution in [2.75, 3.05) is 19.0 Å². The van der Waals surface area contributed by atoms with Crippen molar-refractivity contribution in [1.82, 2.24) is 4.90 Å². The highest BCUT2D eigenvalue weighted by molar-refractivity contribution is 8.18. The van der Waals surface area contributed by atoms with Crippen LogP contribution in [0.3, 0.4) is 0 Å². The molecule has 0 aromatic heterocycles. The van der Waals surface area contributed by atoms with Gasteiger partial charge in [0.1, 0.15) is 24.7 Å². The number of benzene rings is 3. The molecule has 0 saturated carbocycles. The van der Waals surface area contributed by atoms with Crippen molar-refractivity contribution in [3.05, 3.63) is 93.3 Å². The van der Waals surface area contributed by atoms with Crippen LogP contribution in [-0.4, -0.2) is 35.6 Å². The number of nitrogens with zero attached hydrogens (tertiary/aromatic N) is 1. The Hall–Kier alpha value is -3.96. The Morgan fingerprint density at radius 3 is 2.46 bits per heavy atom. The molecule has 1 aliphatic rings. The zero-order valence-corrected chi connectivity index (χ0v) is 21.8. The quantitative estimate of drug-likeness (QED) is 0.303. The lowest BCUT2D eigenvalue weighted by Crippen LogP contribution is -2.36. The smallest absolute Gasteiger partial charge is 0.416 e. The van der Waals surface area contributed by atoms with Gasteiger partial charge >= 0.3 is 6.18 Å². The van der Waals surface area contributed by atoms with E-state index in [4.69, 9.17) is 21.1 Å². The number of carbonyl (C=O) groups is 3. The molecule has 0 atom stereocenters. The predicted molar refractivity (Wildman–Crippen MR) is 142 cm³/mol. The summed E-state index contributed by atoms with van der Waals surface area (Å²) < 4.78 is 50.2. The molecule has 0 unspecified atom stereocenters. The van der Waals surface area contributed by atoms with E-state index in [1.165, 1.54) is 13.2 Å². The number of alkyl halides is 3. The standard InChI is InChI=1S/C27H20ClF3N2O5S/c1-37-22-11-8-18(27(29,30)31)13-20(22)32-24(34)14-33-25(35)23(39-26(33)36)12-17-4-2-3-5-21(17)38-15-16-6-9-19(28)10-7-16/h2-13H,14-15H2,1H3,(H,32,34)/b23-12-. The number of thioether (sulfide) groups is 1. The fourth-order valence-electron chi connectivity index (χ4n) is 3.57. The molecule has 202 valence electrons. The van der Waals surface area contributed by atoms with Crippen molar-refractivity contribution >= 4 is 52.2 Å². The summed E-state index contributed by atoms with van der Waals surface area (Å²) in [5, 5.41) is 2.18. The molecular formula is C27H20ClF3N2O5S. The lowest BCUT2D eigenvalue weighted by Gasteiger charge is -2.16. The molecule has 3 aromatic carbocycles. The lowest BCUT2D eigenvalue weighted by atomic mass is 10.1. The number of para-hydroxylation sites is 1. The highest BCUT2D eigenvalue weighted by Gasteiger charge is 2.37. The average molecular weight is 577 g/mol. The van der Waals surface area contributed by atoms with Crippen molar-refractivity contribution < 1.29 is 37.0 Å². The Balaban J connectivity index is 1.46. The lowest BCUT2D eigenvalue weighted by molar-refractivity contribution is -0.137. The SMILES string of the molecule is COc1ccc(C(F)(F)F)cc1NC(=O)CN1C(=O)S/C(=C\c2ccccc2OCc2ccc(Cl)cc2)C1=O. The number of nitrogens with one attached hydrogen (secondary N) is 1. The second-order valence-corrected chi connectivity index (χ2v) is 9.61. The van der Waals surface area contributed by atoms with E-state index in [9.17, 15) is 27.6 Å². The van der Waals surface area contributed by atoms with E-state index in [2.05, 4.69) is 5.32 Å². The number of amides is 3. The fourth-order valence-corrected chi connectivity index (χ4v) is 4.52. The van der Waals surface area contributed by atoms with Gasteiger partial charge in [0.25, 0.3) is 11.1 Å². The van der Waals surface area contributed by atoms with Gasteiger partial charge in [-0.1, -0.05) is 41.9 Å². The molecular weight excluding hydrogens is 557 g/mol. The minimum atomic E-state index is -4.64. The minimum Gasteiger partial charge on any atom is -0.495 e. The van der Waals surface area contributed by atoms with Gasteiger partial charge in [0.05, 0.1) is 23.3 Å². The van der Waals surface area contributed by atoms with Gasteiger partial charge in [0, 0.05) is 10.6 Å². The predicted octanol–water partition coefficient (Wildman–Crippen LogP) is 6.62. The fraction of sp³-hybridized carbons (Fsp3) is 0.148. The molecule has 12 heteroatoms. The summed E-state index contributed by atoms with van der Waals surface area (Å²) in [7, 11) is 1.23. The van der Waals surface area contributed by atoms with Crippen LogP contribution in [0.1, 0.15) is 16.7 Å². The molecule has 3 amide bonds. The molecule has 1 aliphatic heterocycles. The molecule has 3 aromatic rings. The summed E-state index contributed by atoms with van der Waals surface area (Å²) in [6.07, 6.45) is -3.16. The van der Waals surface area contributed by atoms with Crippen LogP contribution >= 0.6 is 23.4 Å². The molecule has 1 N–H and O–H groups in total. The monoisotopic (exact) mass is 576 g/mol. The van der Waals surface area contributed by atoms with Gasteiger partial charge in [0.15, 0.2) is 0 Å². The Morgan fingerprint density at radius 1 is 1.05 bits per heavy atom. The molecule has 1 heterocycles.